The molecule has 0 aromatic heterocycles. The largest absolute Gasteiger partial charge is 0.457 e. The molecule has 1 amide bonds. The van der Waals surface area contributed by atoms with Crippen molar-refractivity contribution >= 4 is 17.3 Å². The molecule has 0 bridgehead atoms. The van der Waals surface area contributed by atoms with Crippen LogP contribution in [0.15, 0.2) is 30.3 Å². The van der Waals surface area contributed by atoms with Gasteiger partial charge >= 0.3 is 18.3 Å². The van der Waals surface area contributed by atoms with Gasteiger partial charge < -0.3 is 10.4 Å². The molecule has 0 heterocycles. The Kier molecular flexibility index (Phi) is 7.38. The van der Waals surface area contributed by atoms with Crippen LogP contribution in [0.4, 0.5) is 46.5 Å². The molecular weight excluding hydrogens is 510 g/mol. The fourth-order valence-corrected chi connectivity index (χ4v) is 3.36. The van der Waals surface area contributed by atoms with E-state index in [0.29, 0.717) is 0 Å². The minimum absolute atomic E-state index is 0.225. The van der Waals surface area contributed by atoms with Crippen molar-refractivity contribution in [2.75, 3.05) is 5.32 Å². The molecule has 0 radical (unpaired) electrons. The standard InChI is InChI=1S/C21H15F8N3O4/c1-3-11-7-14(18(34,20(24,25)26)19(22,23)21(27,28)29)6-10(2)16(11)31-17(33)12-4-5-13(9-30)15(8-12)32(35)36/h4-8,34H,3H2,1-2H3,(H,31,33). The highest BCUT2D eigenvalue weighted by atomic mass is 19.4. The van der Waals surface area contributed by atoms with Crippen molar-refractivity contribution in [2.24, 2.45) is 0 Å². The molecule has 2 aromatic carbocycles. The van der Waals surface area contributed by atoms with Crippen LogP contribution in [0.2, 0.25) is 0 Å². The maximum absolute atomic E-state index is 14.0. The molecule has 0 aliphatic heterocycles. The average molecular weight is 525 g/mol. The van der Waals surface area contributed by atoms with Crippen LogP contribution >= 0.6 is 0 Å². The summed E-state index contributed by atoms with van der Waals surface area (Å²) in [5, 5.41) is 32.1. The number of nitro benzene ring substituents is 1. The molecule has 1 atom stereocenters. The van der Waals surface area contributed by atoms with Crippen molar-refractivity contribution < 1.29 is 49.9 Å². The summed E-state index contributed by atoms with van der Waals surface area (Å²) >= 11 is 0. The number of halogens is 8. The van der Waals surface area contributed by atoms with Crippen LogP contribution in [-0.2, 0) is 12.0 Å². The summed E-state index contributed by atoms with van der Waals surface area (Å²) in [6.07, 6.45) is -13.5. The van der Waals surface area contributed by atoms with Gasteiger partial charge in [0.1, 0.15) is 11.6 Å². The fourth-order valence-electron chi connectivity index (χ4n) is 3.36. The minimum atomic E-state index is -6.77. The van der Waals surface area contributed by atoms with Gasteiger partial charge in [-0.1, -0.05) is 19.1 Å². The molecule has 36 heavy (non-hydrogen) atoms. The lowest BCUT2D eigenvalue weighted by Crippen LogP contribution is -2.62. The maximum Gasteiger partial charge on any atom is 0.457 e. The van der Waals surface area contributed by atoms with E-state index in [2.05, 4.69) is 5.32 Å². The summed E-state index contributed by atoms with van der Waals surface area (Å²) < 4.78 is 107. The maximum atomic E-state index is 14.0. The average Bonchev–Trinajstić information content (AvgIpc) is 2.77. The van der Waals surface area contributed by atoms with E-state index in [4.69, 9.17) is 5.26 Å². The Morgan fingerprint density at radius 3 is 2.11 bits per heavy atom. The van der Waals surface area contributed by atoms with Gasteiger partial charge in [-0.05, 0) is 36.6 Å². The van der Waals surface area contributed by atoms with Crippen molar-refractivity contribution in [1.29, 1.82) is 5.26 Å². The number of hydrogen-bond donors (Lipinski definition) is 2. The number of aryl methyl sites for hydroxylation is 2. The zero-order chi connectivity index (χ0) is 27.9. The van der Waals surface area contributed by atoms with E-state index < -0.39 is 51.5 Å². The van der Waals surface area contributed by atoms with E-state index >= 15 is 0 Å². The quantitative estimate of drug-likeness (QED) is 0.292. The van der Waals surface area contributed by atoms with Crippen LogP contribution in [-0.4, -0.2) is 34.2 Å². The van der Waals surface area contributed by atoms with Gasteiger partial charge in [0.05, 0.1) is 4.92 Å². The second-order valence-corrected chi connectivity index (χ2v) is 7.52. The van der Waals surface area contributed by atoms with Gasteiger partial charge in [-0.2, -0.15) is 40.4 Å². The highest BCUT2D eigenvalue weighted by Gasteiger charge is 2.80. The molecule has 0 fully saturated rings. The van der Waals surface area contributed by atoms with E-state index in [1.165, 1.54) is 6.92 Å². The number of amides is 1. The van der Waals surface area contributed by atoms with Gasteiger partial charge in [0.2, 0.25) is 0 Å². The molecule has 0 saturated carbocycles. The Balaban J connectivity index is 2.64. The number of nitrogens with one attached hydrogen (secondary N) is 1. The van der Waals surface area contributed by atoms with E-state index in [-0.39, 0.29) is 40.9 Å². The topological polar surface area (TPSA) is 116 Å². The number of nitrogens with zero attached hydrogens (tertiary/aromatic N) is 2. The monoisotopic (exact) mass is 525 g/mol. The smallest absolute Gasteiger partial charge is 0.371 e. The van der Waals surface area contributed by atoms with Gasteiger partial charge in [0, 0.05) is 22.9 Å². The number of carbonyl (C=O) groups is 1. The molecule has 194 valence electrons. The third kappa shape index (κ3) is 4.68. The van der Waals surface area contributed by atoms with Crippen molar-refractivity contribution in [2.45, 2.75) is 44.1 Å². The molecule has 0 saturated heterocycles. The van der Waals surface area contributed by atoms with E-state index in [1.807, 2.05) is 0 Å². The Labute approximate surface area is 197 Å². The summed E-state index contributed by atoms with van der Waals surface area (Å²) in [5.41, 5.74) is -9.95. The molecule has 1 unspecified atom stereocenters. The van der Waals surface area contributed by atoms with E-state index in [9.17, 15) is 55.1 Å². The van der Waals surface area contributed by atoms with E-state index in [0.717, 1.165) is 25.1 Å². The number of aliphatic hydroxyl groups is 1. The van der Waals surface area contributed by atoms with Crippen LogP contribution in [0.5, 0.6) is 0 Å². The van der Waals surface area contributed by atoms with Crippen molar-refractivity contribution in [3.63, 3.8) is 0 Å². The summed E-state index contributed by atoms with van der Waals surface area (Å²) in [5.74, 6) is -7.69. The Bertz CT molecular complexity index is 1250. The van der Waals surface area contributed by atoms with Gasteiger partial charge in [0.15, 0.2) is 0 Å². The number of benzene rings is 2. The van der Waals surface area contributed by atoms with Crippen molar-refractivity contribution in [1.82, 2.24) is 0 Å². The summed E-state index contributed by atoms with van der Waals surface area (Å²) in [4.78, 5) is 22.8. The van der Waals surface area contributed by atoms with Crippen molar-refractivity contribution in [3.05, 3.63) is 68.3 Å². The van der Waals surface area contributed by atoms with Crippen LogP contribution in [0.3, 0.4) is 0 Å². The summed E-state index contributed by atoms with van der Waals surface area (Å²) in [6, 6.07) is 4.77. The number of nitriles is 1. The first-order valence-corrected chi connectivity index (χ1v) is 9.71. The number of hydrogen-bond acceptors (Lipinski definition) is 5. The zero-order valence-electron chi connectivity index (χ0n) is 18.2. The first-order chi connectivity index (χ1) is 16.3. The number of alkyl halides is 8. The normalized spacial score (nSPS) is 14.1. The molecule has 0 aliphatic carbocycles. The summed E-state index contributed by atoms with van der Waals surface area (Å²) in [6.45, 7) is 2.28. The lowest BCUT2D eigenvalue weighted by Gasteiger charge is -2.38. The molecular formula is C21H15F8N3O4. The van der Waals surface area contributed by atoms with Crippen LogP contribution in [0.1, 0.15) is 39.5 Å². The zero-order valence-corrected chi connectivity index (χ0v) is 18.2. The fraction of sp³-hybridized carbons (Fsp3) is 0.333. The van der Waals surface area contributed by atoms with Crippen LogP contribution < -0.4 is 5.32 Å². The van der Waals surface area contributed by atoms with E-state index in [1.54, 1.807) is 6.07 Å². The highest BCUT2D eigenvalue weighted by molar-refractivity contribution is 6.05. The molecule has 2 N–H and O–H groups in total. The molecule has 0 aliphatic rings. The minimum Gasteiger partial charge on any atom is -0.371 e. The number of anilines is 1. The molecule has 7 nitrogen and oxygen atoms in total. The van der Waals surface area contributed by atoms with Crippen molar-refractivity contribution in [3.8, 4) is 6.07 Å². The molecule has 15 heteroatoms. The second-order valence-electron chi connectivity index (χ2n) is 7.52. The predicted octanol–water partition coefficient (Wildman–Crippen LogP) is 5.54. The molecule has 2 aromatic rings. The third-order valence-electron chi connectivity index (χ3n) is 5.25. The third-order valence-corrected chi connectivity index (χ3v) is 5.25. The van der Waals surface area contributed by atoms with Gasteiger partial charge in [0.25, 0.3) is 17.2 Å². The number of nitro groups is 1. The molecule has 0 spiro atoms. The van der Waals surface area contributed by atoms with Crippen LogP contribution in [0, 0.1) is 28.4 Å². The number of carbonyl (C=O) groups excluding carboxylic acids is 1. The molecule has 2 rings (SSSR count). The van der Waals surface area contributed by atoms with Gasteiger partial charge in [-0.25, -0.2) is 0 Å². The Hall–Kier alpha value is -3.80. The Morgan fingerprint density at radius 2 is 1.67 bits per heavy atom. The van der Waals surface area contributed by atoms with Gasteiger partial charge in [-0.15, -0.1) is 0 Å². The first kappa shape index (κ1) is 28.4. The SMILES string of the molecule is CCc1cc(C(O)(C(F)(F)F)C(F)(F)C(F)(F)F)cc(C)c1NC(=O)c1ccc(C#N)c([N+](=O)[O-])c1. The Morgan fingerprint density at radius 1 is 1.08 bits per heavy atom. The first-order valence-electron chi connectivity index (χ1n) is 9.71. The second kappa shape index (κ2) is 9.34. The lowest BCUT2D eigenvalue weighted by atomic mass is 9.83. The highest BCUT2D eigenvalue weighted by Crippen LogP contribution is 2.56. The van der Waals surface area contributed by atoms with Gasteiger partial charge in [-0.3, -0.25) is 14.9 Å². The van der Waals surface area contributed by atoms with Crippen LogP contribution in [0.25, 0.3) is 0 Å². The lowest BCUT2D eigenvalue weighted by molar-refractivity contribution is -0.409. The summed E-state index contributed by atoms with van der Waals surface area (Å²) in [7, 11) is 0. The predicted molar refractivity (Wildman–Crippen MR) is 107 cm³/mol. The number of rotatable bonds is 6.